The second-order valence-electron chi connectivity index (χ2n) is 1.86. The summed E-state index contributed by atoms with van der Waals surface area (Å²) < 4.78 is 19.2. The SMILES string of the molecule is N#Cc1ccccc1S(=O)O.[H-].[Na+]. The maximum atomic E-state index is 10.5. The molecule has 1 aromatic rings. The zero-order valence-corrected chi connectivity index (χ0v) is 9.34. The van der Waals surface area contributed by atoms with Crippen LogP contribution in [0.25, 0.3) is 0 Å². The minimum absolute atomic E-state index is 0. The van der Waals surface area contributed by atoms with Crippen LogP contribution in [0.5, 0.6) is 0 Å². The van der Waals surface area contributed by atoms with E-state index in [0.29, 0.717) is 0 Å². The van der Waals surface area contributed by atoms with Gasteiger partial charge >= 0.3 is 29.6 Å². The van der Waals surface area contributed by atoms with E-state index in [-0.39, 0.29) is 41.4 Å². The van der Waals surface area contributed by atoms with E-state index in [2.05, 4.69) is 0 Å². The fraction of sp³-hybridized carbons (Fsp3) is 0. The zero-order chi connectivity index (χ0) is 8.27. The van der Waals surface area contributed by atoms with Crippen LogP contribution in [0, 0.1) is 11.3 Å². The molecule has 0 radical (unpaired) electrons. The van der Waals surface area contributed by atoms with Gasteiger partial charge in [-0.2, -0.15) is 5.26 Å². The van der Waals surface area contributed by atoms with Gasteiger partial charge in [0.15, 0.2) is 11.1 Å². The third-order valence-electron chi connectivity index (χ3n) is 1.20. The first kappa shape index (κ1) is 11.8. The number of hydrogen-bond acceptors (Lipinski definition) is 2. The van der Waals surface area contributed by atoms with E-state index in [1.807, 2.05) is 6.07 Å². The molecule has 58 valence electrons. The number of nitrogens with zero attached hydrogens (tertiary/aromatic N) is 1. The van der Waals surface area contributed by atoms with E-state index >= 15 is 0 Å². The summed E-state index contributed by atoms with van der Waals surface area (Å²) in [7, 11) is 0. The van der Waals surface area contributed by atoms with Crippen LogP contribution in [0.15, 0.2) is 29.2 Å². The zero-order valence-electron chi connectivity index (χ0n) is 7.52. The molecule has 0 aliphatic carbocycles. The largest absolute Gasteiger partial charge is 1.00 e. The van der Waals surface area contributed by atoms with Crippen LogP contribution in [0.4, 0.5) is 0 Å². The molecule has 0 fully saturated rings. The standard InChI is InChI=1S/C7H5NO2S.Na.H/c8-5-6-3-1-2-4-7(6)11(9)10;;/h1-4H,(H,9,10);;/q;+1;-1. The van der Waals surface area contributed by atoms with Crippen molar-refractivity contribution in [3.8, 4) is 6.07 Å². The van der Waals surface area contributed by atoms with Crippen LogP contribution in [-0.2, 0) is 11.1 Å². The van der Waals surface area contributed by atoms with Gasteiger partial charge < -0.3 is 5.98 Å². The summed E-state index contributed by atoms with van der Waals surface area (Å²) in [5, 5.41) is 8.47. The maximum Gasteiger partial charge on any atom is 1.00 e. The van der Waals surface area contributed by atoms with Crippen molar-refractivity contribution in [3.63, 3.8) is 0 Å². The molecule has 0 spiro atoms. The molecule has 0 heterocycles. The molecule has 1 atom stereocenters. The Bertz CT molecular complexity index is 340. The summed E-state index contributed by atoms with van der Waals surface area (Å²) in [4.78, 5) is 0.162. The van der Waals surface area contributed by atoms with Crippen molar-refractivity contribution in [3.05, 3.63) is 29.8 Å². The summed E-state index contributed by atoms with van der Waals surface area (Å²) in [5.74, 6) is 0. The van der Waals surface area contributed by atoms with Gasteiger partial charge in [-0.05, 0) is 12.1 Å². The minimum Gasteiger partial charge on any atom is -1.00 e. The van der Waals surface area contributed by atoms with Crippen molar-refractivity contribution in [2.24, 2.45) is 0 Å². The molecule has 1 unspecified atom stereocenters. The molecule has 0 aliphatic rings. The van der Waals surface area contributed by atoms with Crippen LogP contribution in [0.2, 0.25) is 0 Å². The molecule has 0 saturated heterocycles. The Balaban J connectivity index is 0. The van der Waals surface area contributed by atoms with Crippen molar-refractivity contribution < 1.29 is 39.7 Å². The van der Waals surface area contributed by atoms with Gasteiger partial charge in [-0.1, -0.05) is 12.1 Å². The molecule has 0 amide bonds. The molecule has 0 saturated carbocycles. The van der Waals surface area contributed by atoms with Crippen LogP contribution in [-0.4, -0.2) is 8.76 Å². The Morgan fingerprint density at radius 3 is 2.50 bits per heavy atom. The summed E-state index contributed by atoms with van der Waals surface area (Å²) in [6.45, 7) is 0. The van der Waals surface area contributed by atoms with Crippen LogP contribution in [0.3, 0.4) is 0 Å². The van der Waals surface area contributed by atoms with Gasteiger partial charge in [0.05, 0.1) is 10.5 Å². The Morgan fingerprint density at radius 2 is 2.08 bits per heavy atom. The van der Waals surface area contributed by atoms with Crippen LogP contribution in [0.1, 0.15) is 6.99 Å². The second kappa shape index (κ2) is 5.46. The van der Waals surface area contributed by atoms with E-state index in [4.69, 9.17) is 9.81 Å². The second-order valence-corrected chi connectivity index (χ2v) is 2.80. The van der Waals surface area contributed by atoms with E-state index in [1.165, 1.54) is 12.1 Å². The number of benzene rings is 1. The molecule has 3 nitrogen and oxygen atoms in total. The number of nitriles is 1. The van der Waals surface area contributed by atoms with Crippen molar-refractivity contribution in [2.45, 2.75) is 4.90 Å². The molecular formula is C7H6NNaO2S. The van der Waals surface area contributed by atoms with Gasteiger partial charge in [-0.3, -0.25) is 0 Å². The van der Waals surface area contributed by atoms with Gasteiger partial charge in [0, 0.05) is 0 Å². The predicted molar refractivity (Wildman–Crippen MR) is 41.3 cm³/mol. The average Bonchev–Trinajstić information content (AvgIpc) is 2.04. The van der Waals surface area contributed by atoms with Gasteiger partial charge in [0.25, 0.3) is 0 Å². The topological polar surface area (TPSA) is 61.1 Å². The number of hydrogen-bond donors (Lipinski definition) is 1. The minimum atomic E-state index is -2.06. The van der Waals surface area contributed by atoms with E-state index in [1.54, 1.807) is 12.1 Å². The fourth-order valence-electron chi connectivity index (χ4n) is 0.711. The Kier molecular flexibility index (Phi) is 5.38. The van der Waals surface area contributed by atoms with E-state index in [9.17, 15) is 4.21 Å². The summed E-state index contributed by atoms with van der Waals surface area (Å²) in [6.07, 6.45) is 0. The van der Waals surface area contributed by atoms with Gasteiger partial charge in [-0.25, -0.2) is 4.21 Å². The van der Waals surface area contributed by atoms with Crippen molar-refractivity contribution in [1.82, 2.24) is 0 Å². The van der Waals surface area contributed by atoms with Gasteiger partial charge in [-0.15, -0.1) is 0 Å². The third kappa shape index (κ3) is 2.70. The van der Waals surface area contributed by atoms with E-state index in [0.717, 1.165) is 0 Å². The van der Waals surface area contributed by atoms with Gasteiger partial charge in [0.2, 0.25) is 0 Å². The summed E-state index contributed by atoms with van der Waals surface area (Å²) in [6, 6.07) is 8.04. The van der Waals surface area contributed by atoms with Crippen molar-refractivity contribution >= 4 is 11.1 Å². The molecule has 12 heavy (non-hydrogen) atoms. The first-order chi connectivity index (χ1) is 5.25. The van der Waals surface area contributed by atoms with E-state index < -0.39 is 11.1 Å². The third-order valence-corrected chi connectivity index (χ3v) is 1.93. The molecule has 0 aliphatic heterocycles. The molecule has 0 aromatic heterocycles. The Labute approximate surface area is 96.5 Å². The quantitative estimate of drug-likeness (QED) is 0.423. The molecule has 5 heteroatoms. The Morgan fingerprint density at radius 1 is 1.50 bits per heavy atom. The van der Waals surface area contributed by atoms with Crippen LogP contribution < -0.4 is 29.6 Å². The molecule has 0 bridgehead atoms. The first-order valence-electron chi connectivity index (χ1n) is 2.85. The average molecular weight is 191 g/mol. The summed E-state index contributed by atoms with van der Waals surface area (Å²) in [5.41, 5.74) is 0.244. The smallest absolute Gasteiger partial charge is 1.00 e. The first-order valence-corrected chi connectivity index (χ1v) is 3.96. The summed E-state index contributed by atoms with van der Waals surface area (Å²) >= 11 is -2.06. The Hall–Kier alpha value is -0.180. The normalized spacial score (nSPS) is 11.0. The monoisotopic (exact) mass is 191 g/mol. The maximum absolute atomic E-state index is 10.5. The van der Waals surface area contributed by atoms with Crippen molar-refractivity contribution in [2.75, 3.05) is 0 Å². The molecular weight excluding hydrogens is 185 g/mol. The van der Waals surface area contributed by atoms with Gasteiger partial charge in [0.1, 0.15) is 6.07 Å². The molecule has 1 aromatic carbocycles. The molecule has 1 N–H and O–H groups in total. The molecule has 1 rings (SSSR count). The predicted octanol–water partition coefficient (Wildman–Crippen LogP) is -1.74. The van der Waals surface area contributed by atoms with Crippen molar-refractivity contribution in [1.29, 1.82) is 5.26 Å². The van der Waals surface area contributed by atoms with Crippen LogP contribution >= 0.6 is 0 Å². The number of rotatable bonds is 1. The fourth-order valence-corrected chi connectivity index (χ4v) is 1.21.